The summed E-state index contributed by atoms with van der Waals surface area (Å²) >= 11 is 0. The molecule has 0 unspecified atom stereocenters. The minimum absolute atomic E-state index is 0.0238. The Kier molecular flexibility index (Phi) is 2.70. The lowest BCUT2D eigenvalue weighted by Gasteiger charge is -2.08. The van der Waals surface area contributed by atoms with E-state index in [4.69, 9.17) is 5.73 Å². The van der Waals surface area contributed by atoms with Crippen molar-refractivity contribution in [3.8, 4) is 5.69 Å². The van der Waals surface area contributed by atoms with Crippen molar-refractivity contribution < 1.29 is 8.78 Å². The standard InChI is InChI=1S/C13H13F2N5/c1-3-8-11-12(19(2)18-8)20(13(16)17-11)9-6-4-5-7(14)10(9)15/h4-6H,3H2,1-2H3,(H2,16,17). The topological polar surface area (TPSA) is 61.7 Å². The van der Waals surface area contributed by atoms with Crippen LogP contribution in [0.2, 0.25) is 0 Å². The molecule has 5 nitrogen and oxygen atoms in total. The highest BCUT2D eigenvalue weighted by Crippen LogP contribution is 2.27. The first kappa shape index (κ1) is 12.6. The zero-order valence-electron chi connectivity index (χ0n) is 11.1. The van der Waals surface area contributed by atoms with Crippen LogP contribution in [0.3, 0.4) is 0 Å². The number of nitrogens with zero attached hydrogens (tertiary/aromatic N) is 4. The van der Waals surface area contributed by atoms with Crippen molar-refractivity contribution in [1.29, 1.82) is 0 Å². The number of anilines is 1. The quantitative estimate of drug-likeness (QED) is 0.781. The van der Waals surface area contributed by atoms with Gasteiger partial charge in [0.2, 0.25) is 5.95 Å². The average molecular weight is 277 g/mol. The molecule has 2 aromatic heterocycles. The van der Waals surface area contributed by atoms with Gasteiger partial charge in [-0.05, 0) is 18.6 Å². The van der Waals surface area contributed by atoms with Gasteiger partial charge >= 0.3 is 0 Å². The zero-order chi connectivity index (χ0) is 14.4. The number of hydrogen-bond acceptors (Lipinski definition) is 3. The summed E-state index contributed by atoms with van der Waals surface area (Å²) in [7, 11) is 1.72. The fourth-order valence-electron chi connectivity index (χ4n) is 2.34. The molecule has 7 heteroatoms. The van der Waals surface area contributed by atoms with Gasteiger partial charge in [0, 0.05) is 7.05 Å². The highest BCUT2D eigenvalue weighted by molar-refractivity contribution is 5.80. The number of halogens is 2. The van der Waals surface area contributed by atoms with Crippen molar-refractivity contribution in [2.45, 2.75) is 13.3 Å². The molecule has 3 aromatic rings. The zero-order valence-corrected chi connectivity index (χ0v) is 11.1. The van der Waals surface area contributed by atoms with E-state index in [9.17, 15) is 8.78 Å². The molecule has 0 bridgehead atoms. The van der Waals surface area contributed by atoms with Gasteiger partial charge in [0.05, 0.1) is 11.4 Å². The number of hydrogen-bond donors (Lipinski definition) is 1. The smallest absolute Gasteiger partial charge is 0.207 e. The van der Waals surface area contributed by atoms with Crippen molar-refractivity contribution in [1.82, 2.24) is 19.3 Å². The Hall–Kier alpha value is -2.44. The molecule has 104 valence electrons. The third-order valence-electron chi connectivity index (χ3n) is 3.24. The summed E-state index contributed by atoms with van der Waals surface area (Å²) < 4.78 is 30.3. The first-order valence-electron chi connectivity index (χ1n) is 6.18. The van der Waals surface area contributed by atoms with Gasteiger partial charge in [-0.2, -0.15) is 5.10 Å². The molecular weight excluding hydrogens is 264 g/mol. The lowest BCUT2D eigenvalue weighted by atomic mass is 10.3. The Bertz CT molecular complexity index is 803. The summed E-state index contributed by atoms with van der Waals surface area (Å²) in [5, 5.41) is 4.31. The Morgan fingerprint density at radius 1 is 1.30 bits per heavy atom. The van der Waals surface area contributed by atoms with Crippen LogP contribution in [-0.2, 0) is 13.5 Å². The van der Waals surface area contributed by atoms with Crippen molar-refractivity contribution in [2.24, 2.45) is 7.05 Å². The van der Waals surface area contributed by atoms with E-state index in [2.05, 4.69) is 10.1 Å². The molecule has 0 saturated carbocycles. The number of aromatic nitrogens is 4. The molecule has 2 heterocycles. The van der Waals surface area contributed by atoms with E-state index < -0.39 is 11.6 Å². The molecule has 0 saturated heterocycles. The first-order chi connectivity index (χ1) is 9.54. The van der Waals surface area contributed by atoms with Crippen LogP contribution >= 0.6 is 0 Å². The molecule has 1 aromatic carbocycles. The number of fused-ring (bicyclic) bond motifs is 1. The molecule has 3 rings (SSSR count). The summed E-state index contributed by atoms with van der Waals surface area (Å²) in [5.41, 5.74) is 7.81. The van der Waals surface area contributed by atoms with E-state index in [1.54, 1.807) is 11.7 Å². The molecular formula is C13H13F2N5. The van der Waals surface area contributed by atoms with Gasteiger partial charge in [0.25, 0.3) is 0 Å². The Balaban J connectivity index is 2.39. The second-order valence-electron chi connectivity index (χ2n) is 4.47. The van der Waals surface area contributed by atoms with Crippen LogP contribution in [0.4, 0.5) is 14.7 Å². The maximum absolute atomic E-state index is 14.0. The van der Waals surface area contributed by atoms with Gasteiger partial charge in [0.1, 0.15) is 5.52 Å². The van der Waals surface area contributed by atoms with Gasteiger partial charge in [-0.3, -0.25) is 4.57 Å². The molecule has 0 aliphatic rings. The van der Waals surface area contributed by atoms with Gasteiger partial charge in [0.15, 0.2) is 17.3 Å². The fraction of sp³-hybridized carbons (Fsp3) is 0.231. The van der Waals surface area contributed by atoms with Gasteiger partial charge in [-0.1, -0.05) is 13.0 Å². The van der Waals surface area contributed by atoms with Crippen molar-refractivity contribution >= 4 is 17.1 Å². The maximum Gasteiger partial charge on any atom is 0.207 e. The number of benzene rings is 1. The summed E-state index contributed by atoms with van der Waals surface area (Å²) in [6, 6.07) is 3.94. The molecule has 0 radical (unpaired) electrons. The predicted molar refractivity (Wildman–Crippen MR) is 71.5 cm³/mol. The average Bonchev–Trinajstić information content (AvgIpc) is 2.90. The minimum atomic E-state index is -0.960. The molecule has 20 heavy (non-hydrogen) atoms. The first-order valence-corrected chi connectivity index (χ1v) is 6.18. The molecule has 0 amide bonds. The summed E-state index contributed by atoms with van der Waals surface area (Å²) in [6.45, 7) is 1.94. The lowest BCUT2D eigenvalue weighted by molar-refractivity contribution is 0.504. The number of imidazole rings is 1. The third kappa shape index (κ3) is 1.59. The SMILES string of the molecule is CCc1nn(C)c2c1nc(N)n2-c1cccc(F)c1F. The van der Waals surface area contributed by atoms with Crippen LogP contribution < -0.4 is 5.73 Å². The molecule has 0 atom stereocenters. The van der Waals surface area contributed by atoms with E-state index in [0.29, 0.717) is 17.6 Å². The monoisotopic (exact) mass is 277 g/mol. The molecule has 2 N–H and O–H groups in total. The number of nitrogens with two attached hydrogens (primary N) is 1. The van der Waals surface area contributed by atoms with Crippen LogP contribution in [0.15, 0.2) is 18.2 Å². The van der Waals surface area contributed by atoms with E-state index in [-0.39, 0.29) is 11.6 Å². The van der Waals surface area contributed by atoms with Crippen molar-refractivity contribution in [2.75, 3.05) is 5.73 Å². The van der Waals surface area contributed by atoms with Crippen LogP contribution in [0.25, 0.3) is 16.9 Å². The number of rotatable bonds is 2. The summed E-state index contributed by atoms with van der Waals surface area (Å²) in [6.07, 6.45) is 0.680. The van der Waals surface area contributed by atoms with Gasteiger partial charge in [-0.25, -0.2) is 18.4 Å². The van der Waals surface area contributed by atoms with E-state index in [1.165, 1.54) is 16.7 Å². The van der Waals surface area contributed by atoms with Crippen LogP contribution in [0.5, 0.6) is 0 Å². The Morgan fingerprint density at radius 3 is 2.75 bits per heavy atom. The molecule has 0 aliphatic carbocycles. The predicted octanol–water partition coefficient (Wildman–Crippen LogP) is 2.18. The van der Waals surface area contributed by atoms with Crippen molar-refractivity contribution in [3.05, 3.63) is 35.5 Å². The Labute approximate surface area is 113 Å². The highest BCUT2D eigenvalue weighted by atomic mass is 19.2. The van der Waals surface area contributed by atoms with E-state index in [1.807, 2.05) is 6.92 Å². The van der Waals surface area contributed by atoms with Gasteiger partial charge in [-0.15, -0.1) is 0 Å². The largest absolute Gasteiger partial charge is 0.369 e. The minimum Gasteiger partial charge on any atom is -0.369 e. The highest BCUT2D eigenvalue weighted by Gasteiger charge is 2.21. The van der Waals surface area contributed by atoms with E-state index >= 15 is 0 Å². The Morgan fingerprint density at radius 2 is 2.05 bits per heavy atom. The van der Waals surface area contributed by atoms with Gasteiger partial charge < -0.3 is 5.73 Å². The molecule has 0 spiro atoms. The second-order valence-corrected chi connectivity index (χ2v) is 4.47. The van der Waals surface area contributed by atoms with E-state index in [0.717, 1.165) is 11.8 Å². The fourth-order valence-corrected chi connectivity index (χ4v) is 2.34. The lowest BCUT2D eigenvalue weighted by Crippen LogP contribution is -2.07. The van der Waals surface area contributed by atoms with Crippen molar-refractivity contribution in [3.63, 3.8) is 0 Å². The molecule has 0 fully saturated rings. The molecule has 0 aliphatic heterocycles. The number of aryl methyl sites for hydroxylation is 2. The van der Waals surface area contributed by atoms with Crippen LogP contribution in [0, 0.1) is 11.6 Å². The van der Waals surface area contributed by atoms with Crippen LogP contribution in [-0.4, -0.2) is 19.3 Å². The normalized spacial score (nSPS) is 11.4. The summed E-state index contributed by atoms with van der Waals surface area (Å²) in [4.78, 5) is 4.22. The second kappa shape index (κ2) is 4.29. The summed E-state index contributed by atoms with van der Waals surface area (Å²) in [5.74, 6) is -1.79. The van der Waals surface area contributed by atoms with Crippen LogP contribution in [0.1, 0.15) is 12.6 Å². The number of nitrogen functional groups attached to an aromatic ring is 1. The maximum atomic E-state index is 14.0. The third-order valence-corrected chi connectivity index (χ3v) is 3.24.